The van der Waals surface area contributed by atoms with Crippen molar-refractivity contribution in [2.45, 2.75) is 0 Å². The van der Waals surface area contributed by atoms with Crippen molar-refractivity contribution in [2.24, 2.45) is 0 Å². The third kappa shape index (κ3) is 4.52. The predicted molar refractivity (Wildman–Crippen MR) is 250 cm³/mol. The molecule has 2 heterocycles. The van der Waals surface area contributed by atoms with E-state index in [-0.39, 0.29) is 0 Å². The van der Waals surface area contributed by atoms with E-state index in [0.717, 1.165) is 21.9 Å². The normalized spacial score (nSPS) is 12.1. The van der Waals surface area contributed by atoms with Crippen LogP contribution in [0.3, 0.4) is 0 Å². The van der Waals surface area contributed by atoms with Gasteiger partial charge in [0, 0.05) is 36.3 Å². The van der Waals surface area contributed by atoms with E-state index >= 15 is 0 Å². The number of hydrogen-bond donors (Lipinski definition) is 0. The molecule has 0 atom stereocenters. The van der Waals surface area contributed by atoms with Gasteiger partial charge in [-0.1, -0.05) is 158 Å². The number of furan rings is 1. The molecular weight excluding hydrogens is 721 g/mol. The lowest BCUT2D eigenvalue weighted by atomic mass is 9.86. The lowest BCUT2D eigenvalue weighted by Crippen LogP contribution is -1.90. The molecule has 2 aromatic heterocycles. The standard InChI is InChI=1S/C56H32OS/c1-2-12-33(13-3-1)53-41-17-6-8-19-43(41)54(44-20-9-7-18-42(44)53)36-24-29-51-49(32-36)48-31-35(23-28-50(48)57-51)34-22-25-38-45-26-27-46-39-15-10-11-21-52(39)58-56(46)55(45)40-16-5-4-14-37(40)47(38)30-34/h1-32H. The molecule has 0 unspecified atom stereocenters. The van der Waals surface area contributed by atoms with Crippen LogP contribution in [-0.2, 0) is 0 Å². The smallest absolute Gasteiger partial charge is 0.135 e. The first-order chi connectivity index (χ1) is 28.8. The average molecular weight is 753 g/mol. The van der Waals surface area contributed by atoms with Gasteiger partial charge in [0.05, 0.1) is 0 Å². The Labute approximate surface area is 337 Å². The summed E-state index contributed by atoms with van der Waals surface area (Å²) in [6.45, 7) is 0. The molecule has 11 aromatic carbocycles. The van der Waals surface area contributed by atoms with Crippen molar-refractivity contribution >= 4 is 107 Å². The number of hydrogen-bond acceptors (Lipinski definition) is 2. The van der Waals surface area contributed by atoms with Crippen molar-refractivity contribution in [3.8, 4) is 33.4 Å². The van der Waals surface area contributed by atoms with E-state index in [4.69, 9.17) is 4.42 Å². The van der Waals surface area contributed by atoms with E-state index < -0.39 is 0 Å². The zero-order chi connectivity index (χ0) is 37.9. The maximum absolute atomic E-state index is 6.52. The molecular formula is C56H32OS. The van der Waals surface area contributed by atoms with Gasteiger partial charge in [0.15, 0.2) is 0 Å². The molecule has 0 bridgehead atoms. The molecule has 0 N–H and O–H groups in total. The number of rotatable bonds is 3. The Balaban J connectivity index is 1.01. The van der Waals surface area contributed by atoms with Gasteiger partial charge in [-0.05, 0) is 118 Å². The maximum atomic E-state index is 6.52. The minimum absolute atomic E-state index is 0.897. The predicted octanol–water partition coefficient (Wildman–Crippen LogP) is 16.7. The second-order valence-electron chi connectivity index (χ2n) is 15.5. The molecule has 0 spiro atoms. The first-order valence-corrected chi connectivity index (χ1v) is 20.7. The Hall–Kier alpha value is -7.26. The van der Waals surface area contributed by atoms with Crippen LogP contribution in [0, 0.1) is 0 Å². The molecule has 58 heavy (non-hydrogen) atoms. The molecule has 0 aliphatic heterocycles. The van der Waals surface area contributed by atoms with Gasteiger partial charge in [0.1, 0.15) is 11.2 Å². The van der Waals surface area contributed by atoms with E-state index in [1.54, 1.807) is 0 Å². The Kier molecular flexibility index (Phi) is 6.66. The van der Waals surface area contributed by atoms with Crippen LogP contribution in [0.15, 0.2) is 199 Å². The van der Waals surface area contributed by atoms with Crippen molar-refractivity contribution in [1.29, 1.82) is 0 Å². The fourth-order valence-corrected chi connectivity index (χ4v) is 11.1. The zero-order valence-corrected chi connectivity index (χ0v) is 32.1. The zero-order valence-electron chi connectivity index (χ0n) is 31.3. The largest absolute Gasteiger partial charge is 0.456 e. The molecule has 13 aromatic rings. The number of benzene rings is 11. The number of thiophene rings is 1. The molecule has 2 heteroatoms. The highest BCUT2D eigenvalue weighted by atomic mass is 32.1. The van der Waals surface area contributed by atoms with Crippen LogP contribution < -0.4 is 0 Å². The van der Waals surface area contributed by atoms with Crippen LogP contribution in [0.5, 0.6) is 0 Å². The first-order valence-electron chi connectivity index (χ1n) is 19.9. The Morgan fingerprint density at radius 2 is 0.724 bits per heavy atom. The van der Waals surface area contributed by atoms with Crippen molar-refractivity contribution < 1.29 is 4.42 Å². The van der Waals surface area contributed by atoms with Crippen LogP contribution in [0.1, 0.15) is 0 Å². The van der Waals surface area contributed by atoms with Gasteiger partial charge in [-0.25, -0.2) is 0 Å². The van der Waals surface area contributed by atoms with Gasteiger partial charge in [0.2, 0.25) is 0 Å². The van der Waals surface area contributed by atoms with Crippen LogP contribution in [0.25, 0.3) is 129 Å². The van der Waals surface area contributed by atoms with E-state index in [0.29, 0.717) is 0 Å². The van der Waals surface area contributed by atoms with Crippen molar-refractivity contribution in [1.82, 2.24) is 0 Å². The fraction of sp³-hybridized carbons (Fsp3) is 0. The minimum atomic E-state index is 0.897. The topological polar surface area (TPSA) is 13.1 Å². The number of fused-ring (bicyclic) bond motifs is 15. The lowest BCUT2D eigenvalue weighted by molar-refractivity contribution is 0.669. The van der Waals surface area contributed by atoms with E-state index in [9.17, 15) is 0 Å². The van der Waals surface area contributed by atoms with Crippen LogP contribution in [-0.4, -0.2) is 0 Å². The van der Waals surface area contributed by atoms with Gasteiger partial charge in [-0.3, -0.25) is 0 Å². The van der Waals surface area contributed by atoms with Crippen LogP contribution >= 0.6 is 11.3 Å². The summed E-state index contributed by atoms with van der Waals surface area (Å²) >= 11 is 1.91. The van der Waals surface area contributed by atoms with Gasteiger partial charge < -0.3 is 4.42 Å². The molecule has 0 fully saturated rings. The summed E-state index contributed by atoms with van der Waals surface area (Å²) in [7, 11) is 0. The summed E-state index contributed by atoms with van der Waals surface area (Å²) < 4.78 is 9.22. The molecule has 0 aliphatic carbocycles. The van der Waals surface area contributed by atoms with Gasteiger partial charge in [-0.15, -0.1) is 11.3 Å². The fourth-order valence-electron chi connectivity index (χ4n) is 9.87. The first kappa shape index (κ1) is 31.9. The van der Waals surface area contributed by atoms with Crippen LogP contribution in [0.2, 0.25) is 0 Å². The Morgan fingerprint density at radius 3 is 1.41 bits per heavy atom. The average Bonchev–Trinajstić information content (AvgIpc) is 3.86. The Morgan fingerprint density at radius 1 is 0.276 bits per heavy atom. The molecule has 13 rings (SSSR count). The van der Waals surface area contributed by atoms with Gasteiger partial charge >= 0.3 is 0 Å². The third-order valence-electron chi connectivity index (χ3n) is 12.4. The SMILES string of the molecule is c1ccc(-c2c3ccccc3c(-c3ccc4oc5ccc(-c6ccc7c(c6)c6ccccc6c6c7ccc7c8ccccc8sc76)cc5c4c3)c3ccccc23)cc1. The maximum Gasteiger partial charge on any atom is 0.135 e. The highest BCUT2D eigenvalue weighted by molar-refractivity contribution is 7.26. The second-order valence-corrected chi connectivity index (χ2v) is 16.6. The third-order valence-corrected chi connectivity index (χ3v) is 13.6. The lowest BCUT2D eigenvalue weighted by Gasteiger charge is -2.17. The van der Waals surface area contributed by atoms with Crippen molar-refractivity contribution in [2.75, 3.05) is 0 Å². The van der Waals surface area contributed by atoms with E-state index in [1.807, 2.05) is 11.3 Å². The molecule has 268 valence electrons. The summed E-state index contributed by atoms with van der Waals surface area (Å²) in [6.07, 6.45) is 0. The summed E-state index contributed by atoms with van der Waals surface area (Å²) in [5.41, 5.74) is 9.11. The van der Waals surface area contributed by atoms with E-state index in [1.165, 1.54) is 107 Å². The molecule has 0 saturated heterocycles. The molecule has 0 aliphatic rings. The molecule has 0 amide bonds. The molecule has 1 nitrogen and oxygen atoms in total. The highest BCUT2D eigenvalue weighted by Crippen LogP contribution is 2.47. The Bertz CT molecular complexity index is 3770. The molecule has 0 radical (unpaired) electrons. The van der Waals surface area contributed by atoms with Crippen molar-refractivity contribution in [3.63, 3.8) is 0 Å². The second kappa shape index (κ2) is 12.1. The molecule has 0 saturated carbocycles. The van der Waals surface area contributed by atoms with Gasteiger partial charge in [0.25, 0.3) is 0 Å². The van der Waals surface area contributed by atoms with Gasteiger partial charge in [-0.2, -0.15) is 0 Å². The van der Waals surface area contributed by atoms with Crippen molar-refractivity contribution in [3.05, 3.63) is 194 Å². The van der Waals surface area contributed by atoms with Crippen LogP contribution in [0.4, 0.5) is 0 Å². The monoisotopic (exact) mass is 752 g/mol. The quantitative estimate of drug-likeness (QED) is 0.129. The highest BCUT2D eigenvalue weighted by Gasteiger charge is 2.19. The minimum Gasteiger partial charge on any atom is -0.456 e. The summed E-state index contributed by atoms with van der Waals surface area (Å²) in [5, 5.41) is 17.7. The van der Waals surface area contributed by atoms with E-state index in [2.05, 4.69) is 194 Å². The summed E-state index contributed by atoms with van der Waals surface area (Å²) in [6, 6.07) is 71.4. The summed E-state index contributed by atoms with van der Waals surface area (Å²) in [4.78, 5) is 0. The summed E-state index contributed by atoms with van der Waals surface area (Å²) in [5.74, 6) is 0.